The van der Waals surface area contributed by atoms with Crippen LogP contribution in [-0.4, -0.2) is 9.78 Å². The van der Waals surface area contributed by atoms with E-state index in [2.05, 4.69) is 37.3 Å². The summed E-state index contributed by atoms with van der Waals surface area (Å²) in [5, 5.41) is 4.50. The van der Waals surface area contributed by atoms with Crippen LogP contribution in [0.1, 0.15) is 50.5 Å². The lowest BCUT2D eigenvalue weighted by Gasteiger charge is -2.19. The molecule has 108 valence electrons. The van der Waals surface area contributed by atoms with Crippen molar-refractivity contribution in [3.8, 4) is 5.69 Å². The molecule has 1 aromatic heterocycles. The lowest BCUT2D eigenvalue weighted by atomic mass is 9.93. The van der Waals surface area contributed by atoms with Crippen LogP contribution in [-0.2, 0) is 0 Å². The van der Waals surface area contributed by atoms with E-state index >= 15 is 0 Å². The highest BCUT2D eigenvalue weighted by Gasteiger charge is 2.20. The maximum absolute atomic E-state index is 6.66. The molecule has 0 saturated heterocycles. The van der Waals surface area contributed by atoms with Gasteiger partial charge >= 0.3 is 0 Å². The smallest absolute Gasteiger partial charge is 0.0645 e. The van der Waals surface area contributed by atoms with Crippen molar-refractivity contribution in [2.45, 2.75) is 44.9 Å². The van der Waals surface area contributed by atoms with Crippen molar-refractivity contribution >= 4 is 11.6 Å². The zero-order valence-electron chi connectivity index (χ0n) is 12.3. The van der Waals surface area contributed by atoms with Crippen LogP contribution in [0.5, 0.6) is 0 Å². The summed E-state index contributed by atoms with van der Waals surface area (Å²) in [6, 6.07) is 10.1. The van der Waals surface area contributed by atoms with Gasteiger partial charge in [-0.05, 0) is 24.5 Å². The van der Waals surface area contributed by atoms with Crippen LogP contribution < -0.4 is 0 Å². The molecule has 0 N–H and O–H groups in total. The molecule has 3 heteroatoms. The van der Waals surface area contributed by atoms with Gasteiger partial charge in [0.25, 0.3) is 0 Å². The Labute approximate surface area is 126 Å². The molecule has 0 aliphatic carbocycles. The molecular formula is C17H23ClN2. The van der Waals surface area contributed by atoms with Crippen LogP contribution in [0.4, 0.5) is 0 Å². The predicted octanol–water partition coefficient (Wildman–Crippen LogP) is 5.37. The monoisotopic (exact) mass is 290 g/mol. The number of halogens is 1. The van der Waals surface area contributed by atoms with Crippen LogP contribution in [0.3, 0.4) is 0 Å². The van der Waals surface area contributed by atoms with Crippen molar-refractivity contribution in [3.63, 3.8) is 0 Å². The van der Waals surface area contributed by atoms with Gasteiger partial charge in [-0.25, -0.2) is 4.68 Å². The SMILES string of the molecule is CCCCC(CC)C(Cl)c1cnn(-c2ccccc2)c1. The summed E-state index contributed by atoms with van der Waals surface area (Å²) in [6.07, 6.45) is 8.74. The standard InChI is InChI=1S/C17H23ClN2/c1-3-5-9-14(4-2)17(18)15-12-19-20(13-15)16-10-7-6-8-11-16/h6-8,10-14,17H,3-5,9H2,1-2H3. The summed E-state index contributed by atoms with van der Waals surface area (Å²) in [5.74, 6) is 0.532. The summed E-state index contributed by atoms with van der Waals surface area (Å²) in [7, 11) is 0. The molecule has 2 nitrogen and oxygen atoms in total. The molecule has 0 aliphatic rings. The third kappa shape index (κ3) is 3.63. The molecule has 2 aromatic rings. The maximum atomic E-state index is 6.66. The van der Waals surface area contributed by atoms with Crippen molar-refractivity contribution in [2.24, 2.45) is 5.92 Å². The molecule has 0 fully saturated rings. The van der Waals surface area contributed by atoms with Gasteiger partial charge in [-0.3, -0.25) is 0 Å². The Morgan fingerprint density at radius 3 is 2.60 bits per heavy atom. The molecule has 2 rings (SSSR count). The Bertz CT molecular complexity index is 507. The predicted molar refractivity (Wildman–Crippen MR) is 85.5 cm³/mol. The van der Waals surface area contributed by atoms with Crippen LogP contribution in [0.25, 0.3) is 5.69 Å². The lowest BCUT2D eigenvalue weighted by molar-refractivity contribution is 0.437. The van der Waals surface area contributed by atoms with Crippen molar-refractivity contribution in [2.75, 3.05) is 0 Å². The first-order chi connectivity index (χ1) is 9.76. The van der Waals surface area contributed by atoms with Gasteiger partial charge in [-0.2, -0.15) is 5.10 Å². The molecule has 2 atom stereocenters. The fraction of sp³-hybridized carbons (Fsp3) is 0.471. The summed E-state index contributed by atoms with van der Waals surface area (Å²) in [4.78, 5) is 0. The third-order valence-corrected chi connectivity index (χ3v) is 4.42. The number of benzene rings is 1. The number of hydrogen-bond donors (Lipinski definition) is 0. The number of nitrogens with zero attached hydrogens (tertiary/aromatic N) is 2. The van der Waals surface area contributed by atoms with Crippen molar-refractivity contribution in [3.05, 3.63) is 48.3 Å². The van der Waals surface area contributed by atoms with E-state index in [0.29, 0.717) is 5.92 Å². The zero-order valence-corrected chi connectivity index (χ0v) is 13.1. The van der Waals surface area contributed by atoms with Gasteiger partial charge in [0.05, 0.1) is 17.3 Å². The van der Waals surface area contributed by atoms with Crippen LogP contribution in [0, 0.1) is 5.92 Å². The number of unbranched alkanes of at least 4 members (excludes halogenated alkanes) is 1. The molecular weight excluding hydrogens is 268 g/mol. The van der Waals surface area contributed by atoms with Crippen molar-refractivity contribution < 1.29 is 0 Å². The molecule has 1 aromatic carbocycles. The number of alkyl halides is 1. The summed E-state index contributed by atoms with van der Waals surface area (Å²) < 4.78 is 1.90. The van der Waals surface area contributed by atoms with E-state index in [-0.39, 0.29) is 5.38 Å². The zero-order chi connectivity index (χ0) is 14.4. The molecule has 0 bridgehead atoms. The second-order valence-electron chi connectivity index (χ2n) is 5.27. The van der Waals surface area contributed by atoms with E-state index in [4.69, 9.17) is 11.6 Å². The number of para-hydroxylation sites is 1. The van der Waals surface area contributed by atoms with Gasteiger partial charge < -0.3 is 0 Å². The Hall–Kier alpha value is -1.28. The minimum absolute atomic E-state index is 0.0593. The molecule has 0 aliphatic heterocycles. The Balaban J connectivity index is 2.11. The first-order valence-electron chi connectivity index (χ1n) is 7.50. The number of hydrogen-bond acceptors (Lipinski definition) is 1. The van der Waals surface area contributed by atoms with Gasteiger partial charge in [-0.1, -0.05) is 51.3 Å². The average Bonchev–Trinajstić information content (AvgIpc) is 2.98. The number of rotatable bonds is 7. The fourth-order valence-corrected chi connectivity index (χ4v) is 2.91. The van der Waals surface area contributed by atoms with Crippen LogP contribution >= 0.6 is 11.6 Å². The summed E-state index contributed by atoms with van der Waals surface area (Å²) >= 11 is 6.66. The van der Waals surface area contributed by atoms with E-state index < -0.39 is 0 Å². The van der Waals surface area contributed by atoms with E-state index in [0.717, 1.165) is 17.7 Å². The molecule has 0 saturated carbocycles. The Morgan fingerprint density at radius 1 is 1.20 bits per heavy atom. The Morgan fingerprint density at radius 2 is 1.95 bits per heavy atom. The van der Waals surface area contributed by atoms with E-state index in [1.165, 1.54) is 19.3 Å². The summed E-state index contributed by atoms with van der Waals surface area (Å²) in [6.45, 7) is 4.45. The first kappa shape index (κ1) is 15.1. The van der Waals surface area contributed by atoms with E-state index in [1.54, 1.807) is 0 Å². The van der Waals surface area contributed by atoms with Crippen LogP contribution in [0.2, 0.25) is 0 Å². The lowest BCUT2D eigenvalue weighted by Crippen LogP contribution is -2.06. The maximum Gasteiger partial charge on any atom is 0.0645 e. The van der Waals surface area contributed by atoms with Crippen LogP contribution in [0.15, 0.2) is 42.7 Å². The normalized spacial score (nSPS) is 14.2. The molecule has 0 amide bonds. The molecule has 20 heavy (non-hydrogen) atoms. The molecule has 0 spiro atoms. The quantitative estimate of drug-likeness (QED) is 0.627. The topological polar surface area (TPSA) is 17.8 Å². The fourth-order valence-electron chi connectivity index (χ4n) is 2.50. The second kappa shape index (κ2) is 7.49. The highest BCUT2D eigenvalue weighted by atomic mass is 35.5. The minimum Gasteiger partial charge on any atom is -0.241 e. The first-order valence-corrected chi connectivity index (χ1v) is 7.94. The third-order valence-electron chi connectivity index (χ3n) is 3.81. The van der Waals surface area contributed by atoms with Crippen molar-refractivity contribution in [1.29, 1.82) is 0 Å². The van der Waals surface area contributed by atoms with E-state index in [9.17, 15) is 0 Å². The minimum atomic E-state index is 0.0593. The highest BCUT2D eigenvalue weighted by molar-refractivity contribution is 6.20. The summed E-state index contributed by atoms with van der Waals surface area (Å²) in [5.41, 5.74) is 2.20. The van der Waals surface area contributed by atoms with Gasteiger partial charge in [0.1, 0.15) is 0 Å². The van der Waals surface area contributed by atoms with Gasteiger partial charge in [0.2, 0.25) is 0 Å². The molecule has 2 unspecified atom stereocenters. The highest BCUT2D eigenvalue weighted by Crippen LogP contribution is 2.34. The Kier molecular flexibility index (Phi) is 5.66. The van der Waals surface area contributed by atoms with Gasteiger partial charge in [0, 0.05) is 11.8 Å². The molecule has 0 radical (unpaired) electrons. The van der Waals surface area contributed by atoms with Crippen molar-refractivity contribution in [1.82, 2.24) is 9.78 Å². The van der Waals surface area contributed by atoms with E-state index in [1.807, 2.05) is 29.1 Å². The second-order valence-corrected chi connectivity index (χ2v) is 5.74. The number of aromatic nitrogens is 2. The largest absolute Gasteiger partial charge is 0.241 e. The van der Waals surface area contributed by atoms with Gasteiger partial charge in [0.15, 0.2) is 0 Å². The molecule has 1 heterocycles. The average molecular weight is 291 g/mol. The van der Waals surface area contributed by atoms with Gasteiger partial charge in [-0.15, -0.1) is 11.6 Å².